The third-order valence-electron chi connectivity index (χ3n) is 5.45. The van der Waals surface area contributed by atoms with Crippen LogP contribution < -0.4 is 10.5 Å². The van der Waals surface area contributed by atoms with Gasteiger partial charge in [0.05, 0.1) is 10.6 Å². The highest BCUT2D eigenvalue weighted by atomic mass is 32.2. The van der Waals surface area contributed by atoms with Crippen molar-refractivity contribution in [2.45, 2.75) is 35.8 Å². The van der Waals surface area contributed by atoms with Crippen molar-refractivity contribution in [2.24, 2.45) is 11.7 Å². The largest absolute Gasteiger partial charge is 0.457 e. The maximum absolute atomic E-state index is 12.9. The van der Waals surface area contributed by atoms with Gasteiger partial charge in [0.15, 0.2) is 9.84 Å². The van der Waals surface area contributed by atoms with Crippen LogP contribution in [0.3, 0.4) is 0 Å². The van der Waals surface area contributed by atoms with Crippen molar-refractivity contribution in [2.75, 3.05) is 25.4 Å². The second kappa shape index (κ2) is 11.0. The Bertz CT molecular complexity index is 949. The highest BCUT2D eigenvalue weighted by molar-refractivity contribution is 7.91. The maximum atomic E-state index is 12.9. The van der Waals surface area contributed by atoms with E-state index in [1.54, 1.807) is 29.2 Å². The predicted octanol–water partition coefficient (Wildman–Crippen LogP) is 3.53. The van der Waals surface area contributed by atoms with Gasteiger partial charge in [-0.05, 0) is 55.8 Å². The van der Waals surface area contributed by atoms with E-state index in [1.807, 2.05) is 30.3 Å². The van der Waals surface area contributed by atoms with Gasteiger partial charge in [0, 0.05) is 30.7 Å². The molecule has 0 saturated carbocycles. The van der Waals surface area contributed by atoms with Crippen LogP contribution in [0.5, 0.6) is 11.5 Å². The number of nitrogens with zero attached hydrogens (tertiary/aromatic N) is 1. The first-order valence-corrected chi connectivity index (χ1v) is 12.8. The molecule has 1 heterocycles. The van der Waals surface area contributed by atoms with E-state index in [-0.39, 0.29) is 27.7 Å². The quantitative estimate of drug-likeness (QED) is 0.416. The zero-order valence-corrected chi connectivity index (χ0v) is 19.2. The van der Waals surface area contributed by atoms with Crippen molar-refractivity contribution in [1.82, 2.24) is 4.90 Å². The summed E-state index contributed by atoms with van der Waals surface area (Å²) in [6.45, 7) is 1.55. The number of rotatable bonds is 10. The summed E-state index contributed by atoms with van der Waals surface area (Å²) >= 11 is 4.57. The minimum Gasteiger partial charge on any atom is -0.457 e. The second-order valence-electron chi connectivity index (χ2n) is 7.89. The zero-order chi connectivity index (χ0) is 22.3. The lowest BCUT2D eigenvalue weighted by Crippen LogP contribution is -2.29. The average molecular weight is 463 g/mol. The second-order valence-corrected chi connectivity index (χ2v) is 10.6. The molecule has 1 aliphatic heterocycles. The third-order valence-corrected chi connectivity index (χ3v) is 7.89. The van der Waals surface area contributed by atoms with Gasteiger partial charge < -0.3 is 15.4 Å². The van der Waals surface area contributed by atoms with E-state index in [1.165, 1.54) is 0 Å². The minimum atomic E-state index is -3.50. The van der Waals surface area contributed by atoms with Crippen molar-refractivity contribution < 1.29 is 17.9 Å². The van der Waals surface area contributed by atoms with Crippen LogP contribution in [0.2, 0.25) is 0 Å². The fourth-order valence-corrected chi connectivity index (χ4v) is 5.88. The van der Waals surface area contributed by atoms with Gasteiger partial charge in [-0.25, -0.2) is 8.42 Å². The van der Waals surface area contributed by atoms with Crippen molar-refractivity contribution in [3.05, 3.63) is 54.6 Å². The highest BCUT2D eigenvalue weighted by Gasteiger charge is 2.36. The molecule has 0 aliphatic carbocycles. The number of likely N-dealkylation sites (tertiary alicyclic amines) is 1. The van der Waals surface area contributed by atoms with Gasteiger partial charge in [-0.15, -0.1) is 0 Å². The van der Waals surface area contributed by atoms with E-state index in [9.17, 15) is 13.2 Å². The number of para-hydroxylation sites is 1. The Labute approximate surface area is 190 Å². The molecule has 2 atom stereocenters. The number of nitrogens with two attached hydrogens (primary N) is 1. The Balaban J connectivity index is 1.56. The van der Waals surface area contributed by atoms with Crippen LogP contribution in [0.25, 0.3) is 0 Å². The molecular weight excluding hydrogens is 432 g/mol. The van der Waals surface area contributed by atoms with Crippen molar-refractivity contribution in [1.29, 1.82) is 0 Å². The van der Waals surface area contributed by atoms with Gasteiger partial charge in [-0.3, -0.25) is 4.79 Å². The fourth-order valence-electron chi connectivity index (χ4n) is 3.69. The molecular formula is C23H30N2O4S2. The Kier molecular flexibility index (Phi) is 8.40. The standard InChI is InChI=1S/C23H30N2O4S2/c24-14-6-2-5-9-23(26)25-15-18(22(30)16-25)17-31(27,28)21-12-10-20(11-13-21)29-19-7-3-1-4-8-19/h1,3-4,7-8,10-13,18,22,30H,2,5-6,9,14-17,24H2/t18-,22+/m1/s1. The average Bonchev–Trinajstić information content (AvgIpc) is 3.12. The number of amides is 1. The lowest BCUT2D eigenvalue weighted by Gasteiger charge is -2.16. The molecule has 1 fully saturated rings. The number of benzene rings is 2. The van der Waals surface area contributed by atoms with E-state index in [0.29, 0.717) is 37.6 Å². The van der Waals surface area contributed by atoms with Crippen LogP contribution in [0.15, 0.2) is 59.5 Å². The van der Waals surface area contributed by atoms with Crippen LogP contribution in [-0.2, 0) is 14.6 Å². The van der Waals surface area contributed by atoms with Crippen molar-refractivity contribution >= 4 is 28.4 Å². The SMILES string of the molecule is NCCCCCC(=O)N1C[C@H](CS(=O)(=O)c2ccc(Oc3ccccc3)cc2)[C@@H](S)C1. The number of ether oxygens (including phenoxy) is 1. The molecule has 1 amide bonds. The first-order valence-electron chi connectivity index (χ1n) is 10.6. The molecule has 0 bridgehead atoms. The summed E-state index contributed by atoms with van der Waals surface area (Å²) in [5.74, 6) is 1.11. The highest BCUT2D eigenvalue weighted by Crippen LogP contribution is 2.28. The van der Waals surface area contributed by atoms with Gasteiger partial charge in [0.2, 0.25) is 5.91 Å². The van der Waals surface area contributed by atoms with Crippen molar-refractivity contribution in [3.63, 3.8) is 0 Å². The monoisotopic (exact) mass is 462 g/mol. The number of thiol groups is 1. The van der Waals surface area contributed by atoms with E-state index in [4.69, 9.17) is 10.5 Å². The molecule has 0 unspecified atom stereocenters. The Hall–Kier alpha value is -2.03. The van der Waals surface area contributed by atoms with Crippen LogP contribution in [-0.4, -0.2) is 49.9 Å². The molecule has 1 aliphatic rings. The molecule has 2 aromatic carbocycles. The summed E-state index contributed by atoms with van der Waals surface area (Å²) in [4.78, 5) is 14.4. The summed E-state index contributed by atoms with van der Waals surface area (Å²) in [5.41, 5.74) is 5.48. The molecule has 168 valence electrons. The molecule has 2 aromatic rings. The zero-order valence-electron chi connectivity index (χ0n) is 17.5. The molecule has 3 rings (SSSR count). The Morgan fingerprint density at radius 3 is 2.35 bits per heavy atom. The lowest BCUT2D eigenvalue weighted by atomic mass is 10.1. The molecule has 0 spiro atoms. The van der Waals surface area contributed by atoms with E-state index < -0.39 is 9.84 Å². The molecule has 2 N–H and O–H groups in total. The summed E-state index contributed by atoms with van der Waals surface area (Å²) in [6.07, 6.45) is 3.13. The number of sulfone groups is 1. The van der Waals surface area contributed by atoms with Crippen LogP contribution >= 0.6 is 12.6 Å². The van der Waals surface area contributed by atoms with Gasteiger partial charge >= 0.3 is 0 Å². The number of hydrogen-bond acceptors (Lipinski definition) is 6. The maximum Gasteiger partial charge on any atom is 0.222 e. The fraction of sp³-hybridized carbons (Fsp3) is 0.435. The molecule has 31 heavy (non-hydrogen) atoms. The number of unbranched alkanes of at least 4 members (excludes halogenated alkanes) is 2. The molecule has 6 nitrogen and oxygen atoms in total. The summed E-state index contributed by atoms with van der Waals surface area (Å²) in [6, 6.07) is 15.8. The van der Waals surface area contributed by atoms with E-state index in [2.05, 4.69) is 12.6 Å². The number of carbonyl (C=O) groups is 1. The van der Waals surface area contributed by atoms with Gasteiger partial charge in [0.1, 0.15) is 11.5 Å². The molecule has 0 radical (unpaired) electrons. The first kappa shape index (κ1) is 23.6. The van der Waals surface area contributed by atoms with Crippen LogP contribution in [0.1, 0.15) is 25.7 Å². The lowest BCUT2D eigenvalue weighted by molar-refractivity contribution is -0.130. The van der Waals surface area contributed by atoms with Crippen LogP contribution in [0.4, 0.5) is 0 Å². The number of carbonyl (C=O) groups excluding carboxylic acids is 1. The minimum absolute atomic E-state index is 0.0307. The predicted molar refractivity (Wildman–Crippen MR) is 125 cm³/mol. The first-order chi connectivity index (χ1) is 14.9. The van der Waals surface area contributed by atoms with E-state index >= 15 is 0 Å². The Morgan fingerprint density at radius 2 is 1.68 bits per heavy atom. The smallest absolute Gasteiger partial charge is 0.222 e. The summed E-state index contributed by atoms with van der Waals surface area (Å²) in [5, 5.41) is -0.150. The van der Waals surface area contributed by atoms with Crippen LogP contribution in [0, 0.1) is 5.92 Å². The number of hydrogen-bond donors (Lipinski definition) is 2. The van der Waals surface area contributed by atoms with E-state index in [0.717, 1.165) is 19.3 Å². The molecule has 1 saturated heterocycles. The third kappa shape index (κ3) is 6.72. The summed E-state index contributed by atoms with van der Waals surface area (Å²) < 4.78 is 31.6. The van der Waals surface area contributed by atoms with Gasteiger partial charge in [-0.1, -0.05) is 24.6 Å². The van der Waals surface area contributed by atoms with Crippen molar-refractivity contribution in [3.8, 4) is 11.5 Å². The topological polar surface area (TPSA) is 89.7 Å². The van der Waals surface area contributed by atoms with Gasteiger partial charge in [-0.2, -0.15) is 12.6 Å². The summed E-state index contributed by atoms with van der Waals surface area (Å²) in [7, 11) is -3.50. The van der Waals surface area contributed by atoms with Gasteiger partial charge in [0.25, 0.3) is 0 Å². The molecule has 0 aromatic heterocycles. The molecule has 8 heteroatoms. The Morgan fingerprint density at radius 1 is 1.00 bits per heavy atom. The normalized spacial score (nSPS) is 18.8.